The summed E-state index contributed by atoms with van der Waals surface area (Å²) < 4.78 is 1.09. The molecule has 0 radical (unpaired) electrons. The maximum Gasteiger partial charge on any atom is 0.240 e. The van der Waals surface area contributed by atoms with Crippen LogP contribution in [-0.2, 0) is 9.59 Å². The van der Waals surface area contributed by atoms with E-state index < -0.39 is 0 Å². The lowest BCUT2D eigenvalue weighted by atomic mass is 10.1. The maximum absolute atomic E-state index is 11.9. The highest BCUT2D eigenvalue weighted by molar-refractivity contribution is 14.1. The Balaban J connectivity index is 1.75. The van der Waals surface area contributed by atoms with Gasteiger partial charge < -0.3 is 5.32 Å². The number of hydrogen-bond acceptors (Lipinski definition) is 3. The molecule has 0 aromatic heterocycles. The molecule has 0 fully saturated rings. The second kappa shape index (κ2) is 9.31. The van der Waals surface area contributed by atoms with E-state index in [-0.39, 0.29) is 24.7 Å². The molecule has 0 heterocycles. The van der Waals surface area contributed by atoms with Gasteiger partial charge in [0, 0.05) is 22.1 Å². The fourth-order valence-corrected chi connectivity index (χ4v) is 2.66. The van der Waals surface area contributed by atoms with E-state index in [0.717, 1.165) is 20.4 Å². The van der Waals surface area contributed by atoms with Crippen molar-refractivity contribution in [2.75, 3.05) is 5.32 Å². The Hall–Kier alpha value is -2.22. The number of aryl methyl sites for hydroxylation is 2. The zero-order chi connectivity index (χ0) is 18.2. The number of benzene rings is 2. The molecular weight excluding hydrogens is 429 g/mol. The van der Waals surface area contributed by atoms with Crippen LogP contribution >= 0.6 is 22.6 Å². The van der Waals surface area contributed by atoms with Crippen LogP contribution in [0.2, 0.25) is 0 Å². The number of rotatable bonds is 6. The predicted octanol–water partition coefficient (Wildman–Crippen LogP) is 3.78. The van der Waals surface area contributed by atoms with E-state index in [0.29, 0.717) is 0 Å². The number of amides is 2. The number of nitrogens with one attached hydrogen (secondary N) is 2. The molecule has 0 aliphatic carbocycles. The molecule has 5 nitrogen and oxygen atoms in total. The molecule has 0 aliphatic heterocycles. The van der Waals surface area contributed by atoms with Crippen LogP contribution in [0.5, 0.6) is 0 Å². The van der Waals surface area contributed by atoms with Gasteiger partial charge in [-0.2, -0.15) is 5.10 Å². The number of carbonyl (C=O) groups is 2. The predicted molar refractivity (Wildman–Crippen MR) is 109 cm³/mol. The number of nitrogens with zero attached hydrogens (tertiary/aromatic N) is 1. The first-order chi connectivity index (χ1) is 11.9. The van der Waals surface area contributed by atoms with Crippen LogP contribution in [0, 0.1) is 17.4 Å². The van der Waals surface area contributed by atoms with Crippen molar-refractivity contribution in [3.05, 3.63) is 62.7 Å². The summed E-state index contributed by atoms with van der Waals surface area (Å²) >= 11 is 2.21. The summed E-state index contributed by atoms with van der Waals surface area (Å²) in [6.07, 6.45) is 1.77. The smallest absolute Gasteiger partial charge is 0.240 e. The Kier molecular flexibility index (Phi) is 7.12. The number of hydrogen-bond donors (Lipinski definition) is 2. The van der Waals surface area contributed by atoms with E-state index >= 15 is 0 Å². The third-order valence-corrected chi connectivity index (χ3v) is 4.29. The third-order valence-electron chi connectivity index (χ3n) is 3.62. The van der Waals surface area contributed by atoms with Crippen molar-refractivity contribution in [2.45, 2.75) is 26.7 Å². The van der Waals surface area contributed by atoms with Gasteiger partial charge in [0.25, 0.3) is 0 Å². The summed E-state index contributed by atoms with van der Waals surface area (Å²) in [5.41, 5.74) is 6.36. The van der Waals surface area contributed by atoms with Gasteiger partial charge in [0.1, 0.15) is 0 Å². The van der Waals surface area contributed by atoms with Crippen molar-refractivity contribution in [2.24, 2.45) is 5.10 Å². The second-order valence-electron chi connectivity index (χ2n) is 5.70. The highest BCUT2D eigenvalue weighted by atomic mass is 127. The Morgan fingerprint density at radius 3 is 2.52 bits per heavy atom. The quantitative estimate of drug-likeness (QED) is 0.401. The van der Waals surface area contributed by atoms with Crippen LogP contribution in [0.15, 0.2) is 47.6 Å². The first-order valence-electron chi connectivity index (χ1n) is 7.88. The molecule has 2 rings (SSSR count). The maximum atomic E-state index is 11.9. The lowest BCUT2D eigenvalue weighted by molar-refractivity contribution is -0.124. The first-order valence-corrected chi connectivity index (χ1v) is 8.96. The van der Waals surface area contributed by atoms with Crippen molar-refractivity contribution in [3.8, 4) is 0 Å². The van der Waals surface area contributed by atoms with Gasteiger partial charge in [0.05, 0.1) is 6.21 Å². The lowest BCUT2D eigenvalue weighted by Gasteiger charge is -2.07. The second-order valence-corrected chi connectivity index (χ2v) is 6.94. The summed E-state index contributed by atoms with van der Waals surface area (Å²) in [7, 11) is 0. The highest BCUT2D eigenvalue weighted by Gasteiger charge is 2.07. The molecular formula is C19H20IN3O2. The van der Waals surface area contributed by atoms with Gasteiger partial charge in [-0.15, -0.1) is 0 Å². The van der Waals surface area contributed by atoms with Gasteiger partial charge in [0.15, 0.2) is 0 Å². The largest absolute Gasteiger partial charge is 0.326 e. The molecule has 0 aliphatic rings. The molecule has 25 heavy (non-hydrogen) atoms. The molecule has 0 spiro atoms. The van der Waals surface area contributed by atoms with Gasteiger partial charge in [-0.25, -0.2) is 5.43 Å². The van der Waals surface area contributed by atoms with E-state index in [9.17, 15) is 9.59 Å². The van der Waals surface area contributed by atoms with Crippen molar-refractivity contribution in [3.63, 3.8) is 0 Å². The standard InChI is InChI=1S/C19H20IN3O2/c1-13-6-7-17(10-14(13)2)22-18(24)8-9-19(25)23-21-12-15-4-3-5-16(20)11-15/h3-7,10-12H,8-9H2,1-2H3,(H,22,24)(H,23,25). The average molecular weight is 449 g/mol. The molecule has 2 N–H and O–H groups in total. The molecule has 0 saturated heterocycles. The Morgan fingerprint density at radius 1 is 1.04 bits per heavy atom. The molecule has 6 heteroatoms. The van der Waals surface area contributed by atoms with Crippen LogP contribution in [0.4, 0.5) is 5.69 Å². The van der Waals surface area contributed by atoms with Gasteiger partial charge in [-0.05, 0) is 77.4 Å². The minimum atomic E-state index is -0.294. The van der Waals surface area contributed by atoms with Crippen molar-refractivity contribution < 1.29 is 9.59 Å². The number of hydrazone groups is 1. The van der Waals surface area contributed by atoms with E-state index in [1.807, 2.05) is 56.3 Å². The minimum Gasteiger partial charge on any atom is -0.326 e. The SMILES string of the molecule is Cc1ccc(NC(=O)CCC(=O)NN=Cc2cccc(I)c2)cc1C. The van der Waals surface area contributed by atoms with Crippen LogP contribution in [0.25, 0.3) is 0 Å². The molecule has 2 amide bonds. The molecule has 2 aromatic carbocycles. The fourth-order valence-electron chi connectivity index (χ4n) is 2.09. The van der Waals surface area contributed by atoms with Crippen molar-refractivity contribution in [1.29, 1.82) is 0 Å². The zero-order valence-corrected chi connectivity index (χ0v) is 16.3. The molecule has 2 aromatic rings. The van der Waals surface area contributed by atoms with E-state index in [1.54, 1.807) is 6.21 Å². The topological polar surface area (TPSA) is 70.6 Å². The van der Waals surface area contributed by atoms with Crippen LogP contribution in [-0.4, -0.2) is 18.0 Å². The van der Waals surface area contributed by atoms with Gasteiger partial charge in [-0.3, -0.25) is 9.59 Å². The van der Waals surface area contributed by atoms with Crippen LogP contribution in [0.1, 0.15) is 29.5 Å². The van der Waals surface area contributed by atoms with Gasteiger partial charge >= 0.3 is 0 Å². The zero-order valence-electron chi connectivity index (χ0n) is 14.2. The fraction of sp³-hybridized carbons (Fsp3) is 0.211. The Labute approximate surface area is 161 Å². The summed E-state index contributed by atoms with van der Waals surface area (Å²) in [6.45, 7) is 4.01. The summed E-state index contributed by atoms with van der Waals surface area (Å²) in [4.78, 5) is 23.7. The third kappa shape index (κ3) is 6.66. The Bertz CT molecular complexity index is 803. The monoisotopic (exact) mass is 449 g/mol. The number of carbonyl (C=O) groups excluding carboxylic acids is 2. The molecule has 130 valence electrons. The van der Waals surface area contributed by atoms with Crippen molar-refractivity contribution in [1.82, 2.24) is 5.43 Å². The molecule has 0 saturated carbocycles. The average Bonchev–Trinajstić information content (AvgIpc) is 2.56. The first kappa shape index (κ1) is 19.1. The Morgan fingerprint density at radius 2 is 1.80 bits per heavy atom. The van der Waals surface area contributed by atoms with E-state index in [4.69, 9.17) is 0 Å². The van der Waals surface area contributed by atoms with Gasteiger partial charge in [-0.1, -0.05) is 18.2 Å². The summed E-state index contributed by atoms with van der Waals surface area (Å²) in [5.74, 6) is -0.489. The number of halogens is 1. The lowest BCUT2D eigenvalue weighted by Crippen LogP contribution is -2.20. The molecule has 0 bridgehead atoms. The van der Waals surface area contributed by atoms with Crippen molar-refractivity contribution >= 4 is 46.3 Å². The highest BCUT2D eigenvalue weighted by Crippen LogP contribution is 2.14. The molecule has 0 unspecified atom stereocenters. The molecule has 0 atom stereocenters. The van der Waals surface area contributed by atoms with Crippen LogP contribution in [0.3, 0.4) is 0 Å². The normalized spacial score (nSPS) is 10.7. The minimum absolute atomic E-state index is 0.0837. The van der Waals surface area contributed by atoms with E-state index in [2.05, 4.69) is 38.4 Å². The van der Waals surface area contributed by atoms with Gasteiger partial charge in [0.2, 0.25) is 11.8 Å². The van der Waals surface area contributed by atoms with E-state index in [1.165, 1.54) is 5.56 Å². The number of anilines is 1. The summed E-state index contributed by atoms with van der Waals surface area (Å²) in [6, 6.07) is 13.5. The summed E-state index contributed by atoms with van der Waals surface area (Å²) in [5, 5.41) is 6.70. The van der Waals surface area contributed by atoms with Crippen LogP contribution < -0.4 is 10.7 Å².